The number of Topliss-reactive ketones (excluding diaryl/α,β-unsaturated/α-hetero) is 1. The monoisotopic (exact) mass is 723 g/mol. The van der Waals surface area contributed by atoms with E-state index in [-0.39, 0.29) is 29.4 Å². The fourth-order valence-electron chi connectivity index (χ4n) is 7.22. The molecule has 0 aromatic heterocycles. The Hall–Kier alpha value is -3.76. The molecule has 1 aliphatic carbocycles. The van der Waals surface area contributed by atoms with Gasteiger partial charge in [0.15, 0.2) is 5.78 Å². The molecule has 0 spiro atoms. The summed E-state index contributed by atoms with van der Waals surface area (Å²) in [6.07, 6.45) is 6.73. The van der Waals surface area contributed by atoms with Gasteiger partial charge in [0.25, 0.3) is 0 Å². The molecule has 0 unspecified atom stereocenters. The van der Waals surface area contributed by atoms with Crippen LogP contribution in [0.25, 0.3) is 5.57 Å². The van der Waals surface area contributed by atoms with Crippen molar-refractivity contribution in [2.45, 2.75) is 113 Å². The molecule has 0 saturated heterocycles. The smallest absolute Gasteiger partial charge is 0.243 e. The summed E-state index contributed by atoms with van der Waals surface area (Å²) < 4.78 is 0. The summed E-state index contributed by atoms with van der Waals surface area (Å²) in [6.45, 7) is 8.38. The third kappa shape index (κ3) is 10.0. The van der Waals surface area contributed by atoms with Gasteiger partial charge in [0.05, 0.1) is 6.04 Å². The molecule has 0 bridgehead atoms. The maximum Gasteiger partial charge on any atom is 0.243 e. The Bertz CT molecular complexity index is 1750. The van der Waals surface area contributed by atoms with Gasteiger partial charge in [0, 0.05) is 48.7 Å². The van der Waals surface area contributed by atoms with Gasteiger partial charge in [0.1, 0.15) is 6.04 Å². The minimum atomic E-state index is -0.763. The number of likely N-dealkylation sites (N-methyl/N-ethyl adjacent to an activating group) is 1. The van der Waals surface area contributed by atoms with Crippen molar-refractivity contribution in [3.05, 3.63) is 101 Å². The molecule has 2 aliphatic rings. The van der Waals surface area contributed by atoms with Crippen LogP contribution in [0.2, 0.25) is 0 Å². The van der Waals surface area contributed by atoms with E-state index in [2.05, 4.69) is 79.9 Å². The minimum Gasteiger partial charge on any atom is -0.350 e. The highest BCUT2D eigenvalue weighted by Gasteiger charge is 2.35. The number of allylic oxidation sites excluding steroid dienone is 1. The van der Waals surface area contributed by atoms with Crippen molar-refractivity contribution in [1.82, 2.24) is 15.5 Å². The van der Waals surface area contributed by atoms with E-state index in [1.165, 1.54) is 11.1 Å². The summed E-state index contributed by atoms with van der Waals surface area (Å²) in [5.74, 6) is -0.969. The average molecular weight is 724 g/mol. The van der Waals surface area contributed by atoms with Crippen molar-refractivity contribution < 1.29 is 14.4 Å². The summed E-state index contributed by atoms with van der Waals surface area (Å²) in [6, 6.07) is 21.8. The lowest BCUT2D eigenvalue weighted by atomic mass is 9.86. The zero-order valence-corrected chi connectivity index (χ0v) is 32.2. The number of carbonyl (C=O) groups is 3. The second-order valence-corrected chi connectivity index (χ2v) is 16.4. The van der Waals surface area contributed by atoms with Gasteiger partial charge in [-0.2, -0.15) is 0 Å². The van der Waals surface area contributed by atoms with Crippen LogP contribution in [0, 0.1) is 5.92 Å². The predicted octanol–water partition coefficient (Wildman–Crippen LogP) is 6.52. The number of nitrogens with two attached hydrogens (primary N) is 2. The topological polar surface area (TPSA) is 131 Å². The van der Waals surface area contributed by atoms with Crippen LogP contribution in [0.3, 0.4) is 0 Å². The first-order valence-electron chi connectivity index (χ1n) is 18.9. The van der Waals surface area contributed by atoms with Gasteiger partial charge in [-0.1, -0.05) is 99.6 Å². The highest BCUT2D eigenvalue weighted by atomic mass is 32.2. The number of rotatable bonds is 9. The molecular weight excluding hydrogens is 667 g/mol. The molecule has 1 heterocycles. The molecule has 0 fully saturated rings. The Morgan fingerprint density at radius 2 is 1.54 bits per heavy atom. The normalized spacial score (nSPS) is 20.4. The molecule has 3 atom stereocenters. The van der Waals surface area contributed by atoms with Gasteiger partial charge >= 0.3 is 0 Å². The number of unbranched alkanes of at least 4 members (excludes halogenated alkanes) is 1. The lowest BCUT2D eigenvalue weighted by molar-refractivity contribution is -0.143. The summed E-state index contributed by atoms with van der Waals surface area (Å²) in [5, 5.41) is 6.82. The van der Waals surface area contributed by atoms with Crippen LogP contribution in [0.15, 0.2) is 82.6 Å². The van der Waals surface area contributed by atoms with E-state index >= 15 is 0 Å². The van der Waals surface area contributed by atoms with E-state index in [0.29, 0.717) is 51.9 Å². The standard InChI is InChI=1S/C43H57N5O3S/c1-43(2,3)34-20-21-40-33(24-34)28-47-41(50)37(25-30-19-18-29-12-5-7-15-35(29)30)48(4)42(51)31(13-9-10-22-44)26-38(49)36(16-11-23-45)46-27-32-14-6-8-17-39(32)52-40/h5-8,12,14-15,17,19-21,24,31,36-37,46H,9-11,13,16,18,22-23,25-28,44-45H2,1-4H3,(H,47,50)/t31-,36+,37+/m1/s1. The molecule has 9 heteroatoms. The maximum atomic E-state index is 14.5. The van der Waals surface area contributed by atoms with Gasteiger partial charge in [-0.15, -0.1) is 0 Å². The molecule has 2 amide bonds. The molecule has 5 rings (SSSR count). The first-order chi connectivity index (χ1) is 25.0. The number of nitrogens with one attached hydrogen (secondary N) is 2. The number of ketones is 1. The summed E-state index contributed by atoms with van der Waals surface area (Å²) >= 11 is 1.67. The van der Waals surface area contributed by atoms with Crippen molar-refractivity contribution in [2.75, 3.05) is 20.1 Å². The fourth-order valence-corrected chi connectivity index (χ4v) is 8.27. The van der Waals surface area contributed by atoms with Crippen molar-refractivity contribution in [1.29, 1.82) is 0 Å². The third-order valence-electron chi connectivity index (χ3n) is 10.5. The SMILES string of the molecule is CN1C(=O)[C@H](CCCCN)CC(=O)[C@H](CCCN)NCc2ccccc2Sc2ccc(C(C)(C)C)cc2CNC(=O)[C@@H]1CC1=CCc2ccccc21. The van der Waals surface area contributed by atoms with Crippen molar-refractivity contribution in [3.63, 3.8) is 0 Å². The van der Waals surface area contributed by atoms with Crippen LogP contribution in [0.1, 0.15) is 93.5 Å². The second-order valence-electron chi connectivity index (χ2n) is 15.3. The molecular formula is C43H57N5O3S. The molecule has 1 aliphatic heterocycles. The van der Waals surface area contributed by atoms with Gasteiger partial charge in [-0.25, -0.2) is 0 Å². The molecule has 3 aromatic carbocycles. The second kappa shape index (κ2) is 18.3. The van der Waals surface area contributed by atoms with Crippen LogP contribution >= 0.6 is 11.8 Å². The number of benzene rings is 3. The maximum absolute atomic E-state index is 14.5. The summed E-state index contributed by atoms with van der Waals surface area (Å²) in [5.41, 5.74) is 18.4. The summed E-state index contributed by atoms with van der Waals surface area (Å²) in [4.78, 5) is 46.9. The quantitative estimate of drug-likeness (QED) is 0.185. The molecule has 52 heavy (non-hydrogen) atoms. The first-order valence-corrected chi connectivity index (χ1v) is 19.7. The Balaban J connectivity index is 1.57. The third-order valence-corrected chi connectivity index (χ3v) is 11.7. The van der Waals surface area contributed by atoms with E-state index in [4.69, 9.17) is 11.5 Å². The van der Waals surface area contributed by atoms with E-state index in [9.17, 15) is 14.4 Å². The Morgan fingerprint density at radius 1 is 0.827 bits per heavy atom. The van der Waals surface area contributed by atoms with Gasteiger partial charge < -0.3 is 27.0 Å². The largest absolute Gasteiger partial charge is 0.350 e. The van der Waals surface area contributed by atoms with Gasteiger partial charge in [-0.3, -0.25) is 14.4 Å². The number of amides is 2. The highest BCUT2D eigenvalue weighted by molar-refractivity contribution is 7.99. The molecule has 0 saturated carbocycles. The number of carbonyl (C=O) groups excluding carboxylic acids is 3. The van der Waals surface area contributed by atoms with E-state index < -0.39 is 18.0 Å². The molecule has 8 nitrogen and oxygen atoms in total. The van der Waals surface area contributed by atoms with Crippen LogP contribution < -0.4 is 22.1 Å². The Kier molecular flexibility index (Phi) is 13.9. The Labute approximate surface area is 314 Å². The predicted molar refractivity (Wildman–Crippen MR) is 212 cm³/mol. The zero-order chi connectivity index (χ0) is 37.3. The van der Waals surface area contributed by atoms with Crippen LogP contribution in [0.4, 0.5) is 0 Å². The molecule has 278 valence electrons. The number of nitrogens with zero attached hydrogens (tertiary/aromatic N) is 1. The van der Waals surface area contributed by atoms with Crippen LogP contribution in [-0.4, -0.2) is 54.7 Å². The zero-order valence-electron chi connectivity index (χ0n) is 31.4. The van der Waals surface area contributed by atoms with Gasteiger partial charge in [-0.05, 0) is 96.1 Å². The number of hydrogen-bond acceptors (Lipinski definition) is 7. The number of hydrogen-bond donors (Lipinski definition) is 4. The van der Waals surface area contributed by atoms with Crippen LogP contribution in [-0.2, 0) is 39.3 Å². The van der Waals surface area contributed by atoms with Gasteiger partial charge in [0.2, 0.25) is 11.8 Å². The minimum absolute atomic E-state index is 0.00381. The van der Waals surface area contributed by atoms with Crippen LogP contribution in [0.5, 0.6) is 0 Å². The van der Waals surface area contributed by atoms with E-state index in [0.717, 1.165) is 51.3 Å². The van der Waals surface area contributed by atoms with Crippen molar-refractivity contribution >= 4 is 34.9 Å². The van der Waals surface area contributed by atoms with Crippen molar-refractivity contribution in [2.24, 2.45) is 17.4 Å². The Morgan fingerprint density at radius 3 is 2.29 bits per heavy atom. The molecule has 6 N–H and O–H groups in total. The first kappa shape index (κ1) is 39.4. The molecule has 3 aromatic rings. The van der Waals surface area contributed by atoms with E-state index in [1.807, 2.05) is 24.3 Å². The lowest BCUT2D eigenvalue weighted by Crippen LogP contribution is -2.50. The fraction of sp³-hybridized carbons (Fsp3) is 0.465. The average Bonchev–Trinajstić information content (AvgIpc) is 3.54. The van der Waals surface area contributed by atoms with Crippen molar-refractivity contribution in [3.8, 4) is 0 Å². The highest BCUT2D eigenvalue weighted by Crippen LogP contribution is 2.36. The number of fused-ring (bicyclic) bond motifs is 3. The van der Waals surface area contributed by atoms with E-state index in [1.54, 1.807) is 23.7 Å². The molecule has 0 radical (unpaired) electrons. The lowest BCUT2D eigenvalue weighted by Gasteiger charge is -2.32. The summed E-state index contributed by atoms with van der Waals surface area (Å²) in [7, 11) is 1.73.